The highest BCUT2D eigenvalue weighted by Crippen LogP contribution is 2.25. The predicted molar refractivity (Wildman–Crippen MR) is 108 cm³/mol. The molecule has 1 aromatic heterocycles. The summed E-state index contributed by atoms with van der Waals surface area (Å²) in [7, 11) is 0. The van der Waals surface area contributed by atoms with E-state index in [9.17, 15) is 4.79 Å². The van der Waals surface area contributed by atoms with Gasteiger partial charge in [-0.15, -0.1) is 24.8 Å². The maximum absolute atomic E-state index is 12.6. The quantitative estimate of drug-likeness (QED) is 0.799. The number of amides is 1. The standard InChI is InChI=1S/C19H23N3O2.2ClH/c20-13-15-4-1-2-7-18(15)22-19(23)14-5-3-6-17(12-14)24-16-8-10-21-11-9-16;;/h3,5-6,8-12,15,18H,1-2,4,7,13,20H2,(H,22,23);2*1H. The van der Waals surface area contributed by atoms with E-state index in [1.165, 1.54) is 6.42 Å². The maximum Gasteiger partial charge on any atom is 0.251 e. The molecule has 2 unspecified atom stereocenters. The number of nitrogens with zero attached hydrogens (tertiary/aromatic N) is 1. The van der Waals surface area contributed by atoms with Gasteiger partial charge in [-0.3, -0.25) is 9.78 Å². The van der Waals surface area contributed by atoms with Crippen molar-refractivity contribution >= 4 is 30.7 Å². The van der Waals surface area contributed by atoms with Gasteiger partial charge in [-0.2, -0.15) is 0 Å². The third-order valence-corrected chi connectivity index (χ3v) is 4.51. The van der Waals surface area contributed by atoms with E-state index in [2.05, 4.69) is 10.3 Å². The van der Waals surface area contributed by atoms with Crippen LogP contribution in [-0.2, 0) is 0 Å². The number of ether oxygens (including phenoxy) is 1. The average molecular weight is 398 g/mol. The number of nitrogens with two attached hydrogens (primary N) is 1. The van der Waals surface area contributed by atoms with Crippen molar-refractivity contribution in [3.05, 3.63) is 54.4 Å². The molecule has 2 atom stereocenters. The smallest absolute Gasteiger partial charge is 0.251 e. The van der Waals surface area contributed by atoms with E-state index in [1.807, 2.05) is 12.1 Å². The van der Waals surface area contributed by atoms with Gasteiger partial charge in [0, 0.05) is 24.0 Å². The lowest BCUT2D eigenvalue weighted by molar-refractivity contribution is 0.0907. The van der Waals surface area contributed by atoms with E-state index in [1.54, 1.807) is 36.7 Å². The van der Waals surface area contributed by atoms with Gasteiger partial charge in [-0.1, -0.05) is 18.9 Å². The Balaban J connectivity index is 0.00000169. The number of hydrogen-bond donors (Lipinski definition) is 2. The summed E-state index contributed by atoms with van der Waals surface area (Å²) in [5.74, 6) is 1.63. The highest BCUT2D eigenvalue weighted by Gasteiger charge is 2.25. The van der Waals surface area contributed by atoms with E-state index < -0.39 is 0 Å². The van der Waals surface area contributed by atoms with Crippen LogP contribution in [0.4, 0.5) is 0 Å². The van der Waals surface area contributed by atoms with Crippen molar-refractivity contribution in [3.8, 4) is 11.5 Å². The Morgan fingerprint density at radius 3 is 2.58 bits per heavy atom. The second-order valence-electron chi connectivity index (χ2n) is 6.17. The highest BCUT2D eigenvalue weighted by molar-refractivity contribution is 5.94. The van der Waals surface area contributed by atoms with Crippen LogP contribution in [0.1, 0.15) is 36.0 Å². The van der Waals surface area contributed by atoms with Gasteiger partial charge in [-0.25, -0.2) is 0 Å². The summed E-state index contributed by atoms with van der Waals surface area (Å²) in [5, 5.41) is 3.14. The first-order valence-electron chi connectivity index (χ1n) is 8.45. The summed E-state index contributed by atoms with van der Waals surface area (Å²) in [6.45, 7) is 0.621. The second kappa shape index (κ2) is 11.0. The molecule has 0 bridgehead atoms. The minimum atomic E-state index is -0.0690. The normalized spacial score (nSPS) is 18.8. The Hall–Kier alpha value is -1.82. The summed E-state index contributed by atoms with van der Waals surface area (Å²) in [4.78, 5) is 16.5. The lowest BCUT2D eigenvalue weighted by Crippen LogP contribution is -2.44. The number of aromatic nitrogens is 1. The van der Waals surface area contributed by atoms with E-state index >= 15 is 0 Å². The topological polar surface area (TPSA) is 77.2 Å². The molecule has 2 aromatic rings. The lowest BCUT2D eigenvalue weighted by atomic mass is 9.84. The lowest BCUT2D eigenvalue weighted by Gasteiger charge is -2.31. The Morgan fingerprint density at radius 2 is 1.85 bits per heavy atom. The monoisotopic (exact) mass is 397 g/mol. The molecule has 3 rings (SSSR count). The van der Waals surface area contributed by atoms with Gasteiger partial charge < -0.3 is 15.8 Å². The number of pyridine rings is 1. The zero-order valence-electron chi connectivity index (χ0n) is 14.5. The van der Waals surface area contributed by atoms with E-state index in [0.717, 1.165) is 19.3 Å². The molecular weight excluding hydrogens is 373 g/mol. The molecule has 1 aliphatic carbocycles. The van der Waals surface area contributed by atoms with Crippen LogP contribution >= 0.6 is 24.8 Å². The Kier molecular flexibility index (Phi) is 9.41. The molecule has 1 fully saturated rings. The van der Waals surface area contributed by atoms with Crippen LogP contribution < -0.4 is 15.8 Å². The molecule has 0 spiro atoms. The SMILES string of the molecule is Cl.Cl.NCC1CCCCC1NC(=O)c1cccc(Oc2ccncc2)c1. The number of carbonyl (C=O) groups is 1. The van der Waals surface area contributed by atoms with Gasteiger partial charge >= 0.3 is 0 Å². The third-order valence-electron chi connectivity index (χ3n) is 4.51. The van der Waals surface area contributed by atoms with Gasteiger partial charge in [0.05, 0.1) is 0 Å². The van der Waals surface area contributed by atoms with Crippen molar-refractivity contribution in [2.45, 2.75) is 31.7 Å². The molecule has 0 aliphatic heterocycles. The van der Waals surface area contributed by atoms with Crippen LogP contribution in [0.2, 0.25) is 0 Å². The molecule has 1 saturated carbocycles. The Bertz CT molecular complexity index is 685. The summed E-state index contributed by atoms with van der Waals surface area (Å²) in [6, 6.07) is 10.9. The first-order valence-corrected chi connectivity index (χ1v) is 8.45. The number of halogens is 2. The first-order chi connectivity index (χ1) is 11.8. The summed E-state index contributed by atoms with van der Waals surface area (Å²) in [5.41, 5.74) is 6.44. The highest BCUT2D eigenvalue weighted by atomic mass is 35.5. The van der Waals surface area contributed by atoms with Crippen LogP contribution in [0.5, 0.6) is 11.5 Å². The number of carbonyl (C=O) groups excluding carboxylic acids is 1. The number of rotatable bonds is 5. The fourth-order valence-corrected chi connectivity index (χ4v) is 3.17. The number of nitrogens with one attached hydrogen (secondary N) is 1. The van der Waals surface area contributed by atoms with Gasteiger partial charge in [0.25, 0.3) is 5.91 Å². The summed E-state index contributed by atoms with van der Waals surface area (Å²) < 4.78 is 5.76. The molecule has 1 aromatic carbocycles. The van der Waals surface area contributed by atoms with Gasteiger partial charge in [0.15, 0.2) is 0 Å². The van der Waals surface area contributed by atoms with Crippen molar-refractivity contribution in [2.75, 3.05) is 6.54 Å². The van der Waals surface area contributed by atoms with Crippen LogP contribution in [0.25, 0.3) is 0 Å². The van der Waals surface area contributed by atoms with Crippen molar-refractivity contribution in [2.24, 2.45) is 11.7 Å². The Morgan fingerprint density at radius 1 is 1.12 bits per heavy atom. The molecule has 142 valence electrons. The molecule has 0 saturated heterocycles. The van der Waals surface area contributed by atoms with Crippen molar-refractivity contribution < 1.29 is 9.53 Å². The second-order valence-corrected chi connectivity index (χ2v) is 6.17. The van der Waals surface area contributed by atoms with Gasteiger partial charge in [0.2, 0.25) is 0 Å². The van der Waals surface area contributed by atoms with Crippen molar-refractivity contribution in [1.82, 2.24) is 10.3 Å². The van der Waals surface area contributed by atoms with Gasteiger partial charge in [0.1, 0.15) is 11.5 Å². The van der Waals surface area contributed by atoms with E-state index in [-0.39, 0.29) is 36.8 Å². The average Bonchev–Trinajstić information content (AvgIpc) is 2.63. The van der Waals surface area contributed by atoms with Crippen LogP contribution in [0.3, 0.4) is 0 Å². The third kappa shape index (κ3) is 5.87. The molecule has 7 heteroatoms. The van der Waals surface area contributed by atoms with E-state index in [4.69, 9.17) is 10.5 Å². The molecule has 5 nitrogen and oxygen atoms in total. The predicted octanol–water partition coefficient (Wildman–Crippen LogP) is 3.96. The zero-order valence-corrected chi connectivity index (χ0v) is 16.1. The molecule has 1 aliphatic rings. The van der Waals surface area contributed by atoms with Crippen molar-refractivity contribution in [3.63, 3.8) is 0 Å². The van der Waals surface area contributed by atoms with Crippen LogP contribution in [0, 0.1) is 5.92 Å². The van der Waals surface area contributed by atoms with Crippen LogP contribution in [-0.4, -0.2) is 23.5 Å². The van der Waals surface area contributed by atoms with E-state index in [0.29, 0.717) is 29.5 Å². The molecular formula is C19H25Cl2N3O2. The zero-order chi connectivity index (χ0) is 16.8. The fraction of sp³-hybridized carbons (Fsp3) is 0.368. The molecule has 1 amide bonds. The molecule has 0 radical (unpaired) electrons. The summed E-state index contributed by atoms with van der Waals surface area (Å²) in [6.07, 6.45) is 7.77. The van der Waals surface area contributed by atoms with Gasteiger partial charge in [-0.05, 0) is 55.6 Å². The maximum atomic E-state index is 12.6. The Labute approximate surface area is 166 Å². The fourth-order valence-electron chi connectivity index (χ4n) is 3.17. The first kappa shape index (κ1) is 22.2. The van der Waals surface area contributed by atoms with Crippen molar-refractivity contribution in [1.29, 1.82) is 0 Å². The molecule has 1 heterocycles. The molecule has 3 N–H and O–H groups in total. The summed E-state index contributed by atoms with van der Waals surface area (Å²) >= 11 is 0. The largest absolute Gasteiger partial charge is 0.457 e. The van der Waals surface area contributed by atoms with Crippen LogP contribution in [0.15, 0.2) is 48.8 Å². The minimum Gasteiger partial charge on any atom is -0.457 e. The minimum absolute atomic E-state index is 0. The number of hydrogen-bond acceptors (Lipinski definition) is 4. The molecule has 26 heavy (non-hydrogen) atoms. The number of benzene rings is 1.